The Morgan fingerprint density at radius 1 is 1.12 bits per heavy atom. The monoisotopic (exact) mass is 350 g/mol. The summed E-state index contributed by atoms with van der Waals surface area (Å²) in [6, 6.07) is 13.0. The van der Waals surface area contributed by atoms with Gasteiger partial charge in [-0.3, -0.25) is 4.79 Å². The molecule has 0 bridgehead atoms. The van der Waals surface area contributed by atoms with Gasteiger partial charge in [-0.2, -0.15) is 0 Å². The standard InChI is InChI=1S/C21H22N2O3/c1-13-7-5-10-20(14(13)2)22-21(24)17-8-6-9-18(11-17)25-12-19-15(3)23-26-16(19)4/h5-11H,12H2,1-4H3,(H,22,24). The van der Waals surface area contributed by atoms with Gasteiger partial charge in [-0.25, -0.2) is 0 Å². The van der Waals surface area contributed by atoms with Gasteiger partial charge in [0.2, 0.25) is 0 Å². The number of ether oxygens (including phenoxy) is 1. The molecule has 0 aliphatic rings. The molecule has 1 aromatic heterocycles. The highest BCUT2D eigenvalue weighted by molar-refractivity contribution is 6.04. The van der Waals surface area contributed by atoms with E-state index in [4.69, 9.17) is 9.26 Å². The second-order valence-electron chi connectivity index (χ2n) is 6.32. The molecule has 2 aromatic carbocycles. The summed E-state index contributed by atoms with van der Waals surface area (Å²) in [4.78, 5) is 12.6. The number of benzene rings is 2. The van der Waals surface area contributed by atoms with Crippen molar-refractivity contribution in [1.29, 1.82) is 0 Å². The van der Waals surface area contributed by atoms with Crippen LogP contribution in [0.25, 0.3) is 0 Å². The Bertz CT molecular complexity index is 925. The number of hydrogen-bond donors (Lipinski definition) is 1. The molecule has 0 aliphatic carbocycles. The van der Waals surface area contributed by atoms with Crippen LogP contribution in [0.3, 0.4) is 0 Å². The predicted octanol–water partition coefficient (Wildman–Crippen LogP) is 4.74. The topological polar surface area (TPSA) is 64.4 Å². The van der Waals surface area contributed by atoms with Crippen LogP contribution in [0, 0.1) is 27.7 Å². The minimum Gasteiger partial charge on any atom is -0.489 e. The molecule has 0 aliphatic heterocycles. The fourth-order valence-corrected chi connectivity index (χ4v) is 2.67. The third-order valence-corrected chi connectivity index (χ3v) is 4.51. The van der Waals surface area contributed by atoms with Crippen molar-refractivity contribution in [1.82, 2.24) is 5.16 Å². The summed E-state index contributed by atoms with van der Waals surface area (Å²) in [6.45, 7) is 8.10. The fraction of sp³-hybridized carbons (Fsp3) is 0.238. The van der Waals surface area contributed by atoms with Gasteiger partial charge in [0.05, 0.1) is 11.3 Å². The van der Waals surface area contributed by atoms with Gasteiger partial charge in [-0.15, -0.1) is 0 Å². The van der Waals surface area contributed by atoms with E-state index >= 15 is 0 Å². The summed E-state index contributed by atoms with van der Waals surface area (Å²) >= 11 is 0. The summed E-state index contributed by atoms with van der Waals surface area (Å²) in [5, 5.41) is 6.88. The molecule has 0 saturated carbocycles. The molecular weight excluding hydrogens is 328 g/mol. The number of anilines is 1. The first kappa shape index (κ1) is 17.7. The second kappa shape index (κ2) is 7.44. The van der Waals surface area contributed by atoms with Crippen LogP contribution in [-0.2, 0) is 6.61 Å². The molecule has 5 nitrogen and oxygen atoms in total. The predicted molar refractivity (Wildman–Crippen MR) is 101 cm³/mol. The highest BCUT2D eigenvalue weighted by Gasteiger charge is 2.12. The number of hydrogen-bond acceptors (Lipinski definition) is 4. The zero-order valence-corrected chi connectivity index (χ0v) is 15.4. The summed E-state index contributed by atoms with van der Waals surface area (Å²) in [5.74, 6) is 1.20. The van der Waals surface area contributed by atoms with Gasteiger partial charge >= 0.3 is 0 Å². The van der Waals surface area contributed by atoms with Gasteiger partial charge in [0.25, 0.3) is 5.91 Å². The summed E-state index contributed by atoms with van der Waals surface area (Å²) in [6.07, 6.45) is 0. The van der Waals surface area contributed by atoms with Gasteiger partial charge < -0.3 is 14.6 Å². The fourth-order valence-electron chi connectivity index (χ4n) is 2.67. The number of rotatable bonds is 5. The molecule has 3 aromatic rings. The Balaban J connectivity index is 1.72. The van der Waals surface area contributed by atoms with Gasteiger partial charge in [0.15, 0.2) is 0 Å². The van der Waals surface area contributed by atoms with E-state index in [-0.39, 0.29) is 5.91 Å². The minimum absolute atomic E-state index is 0.165. The molecule has 5 heteroatoms. The first-order valence-corrected chi connectivity index (χ1v) is 8.48. The van der Waals surface area contributed by atoms with Crippen molar-refractivity contribution < 1.29 is 14.1 Å². The molecule has 0 radical (unpaired) electrons. The number of amides is 1. The average Bonchev–Trinajstić information content (AvgIpc) is 2.95. The normalized spacial score (nSPS) is 10.6. The maximum Gasteiger partial charge on any atom is 0.255 e. The number of aromatic nitrogens is 1. The van der Waals surface area contributed by atoms with Crippen LogP contribution < -0.4 is 10.1 Å². The number of carbonyl (C=O) groups is 1. The van der Waals surface area contributed by atoms with Crippen LogP contribution in [0.2, 0.25) is 0 Å². The van der Waals surface area contributed by atoms with Crippen molar-refractivity contribution in [2.24, 2.45) is 0 Å². The molecule has 0 unspecified atom stereocenters. The minimum atomic E-state index is -0.165. The van der Waals surface area contributed by atoms with Crippen LogP contribution in [0.15, 0.2) is 47.0 Å². The first-order valence-electron chi connectivity index (χ1n) is 8.48. The molecule has 0 fully saturated rings. The van der Waals surface area contributed by atoms with E-state index < -0.39 is 0 Å². The van der Waals surface area contributed by atoms with Crippen LogP contribution in [0.1, 0.15) is 38.5 Å². The molecule has 1 N–H and O–H groups in total. The SMILES string of the molecule is Cc1cccc(NC(=O)c2cccc(OCc3c(C)noc3C)c2)c1C. The molecule has 1 amide bonds. The lowest BCUT2D eigenvalue weighted by molar-refractivity contribution is 0.102. The van der Waals surface area contributed by atoms with Crippen LogP contribution in [0.4, 0.5) is 5.69 Å². The van der Waals surface area contributed by atoms with Crippen molar-refractivity contribution in [3.05, 3.63) is 76.2 Å². The molecule has 0 saturated heterocycles. The Labute approximate surface area is 153 Å². The molecule has 3 rings (SSSR count). The van der Waals surface area contributed by atoms with Crippen LogP contribution in [0.5, 0.6) is 5.75 Å². The van der Waals surface area contributed by atoms with Gasteiger partial charge in [0, 0.05) is 11.3 Å². The van der Waals surface area contributed by atoms with Crippen molar-refractivity contribution in [3.63, 3.8) is 0 Å². The first-order chi connectivity index (χ1) is 12.5. The van der Waals surface area contributed by atoms with E-state index in [1.807, 2.05) is 52.0 Å². The zero-order chi connectivity index (χ0) is 18.7. The lowest BCUT2D eigenvalue weighted by Gasteiger charge is -2.11. The van der Waals surface area contributed by atoms with Crippen molar-refractivity contribution in [2.45, 2.75) is 34.3 Å². The maximum absolute atomic E-state index is 12.6. The number of nitrogens with one attached hydrogen (secondary N) is 1. The second-order valence-corrected chi connectivity index (χ2v) is 6.32. The maximum atomic E-state index is 12.6. The number of carbonyl (C=O) groups excluding carboxylic acids is 1. The summed E-state index contributed by atoms with van der Waals surface area (Å²) in [5.41, 5.74) is 5.30. The summed E-state index contributed by atoms with van der Waals surface area (Å²) in [7, 11) is 0. The molecular formula is C21H22N2O3. The molecule has 26 heavy (non-hydrogen) atoms. The smallest absolute Gasteiger partial charge is 0.255 e. The Kier molecular flexibility index (Phi) is 5.07. The largest absolute Gasteiger partial charge is 0.489 e. The van der Waals surface area contributed by atoms with Gasteiger partial charge in [0.1, 0.15) is 18.1 Å². The number of aryl methyl sites for hydroxylation is 3. The van der Waals surface area contributed by atoms with E-state index in [1.165, 1.54) is 0 Å². The highest BCUT2D eigenvalue weighted by atomic mass is 16.5. The molecule has 0 spiro atoms. The zero-order valence-electron chi connectivity index (χ0n) is 15.4. The average molecular weight is 350 g/mol. The van der Waals surface area contributed by atoms with E-state index in [1.54, 1.807) is 18.2 Å². The summed E-state index contributed by atoms with van der Waals surface area (Å²) < 4.78 is 11.0. The Morgan fingerprint density at radius 3 is 2.62 bits per heavy atom. The van der Waals surface area contributed by atoms with Gasteiger partial charge in [-0.1, -0.05) is 23.4 Å². The van der Waals surface area contributed by atoms with Gasteiger partial charge in [-0.05, 0) is 63.1 Å². The van der Waals surface area contributed by atoms with Crippen LogP contribution in [-0.4, -0.2) is 11.1 Å². The van der Waals surface area contributed by atoms with E-state index in [0.29, 0.717) is 17.9 Å². The quantitative estimate of drug-likeness (QED) is 0.722. The molecule has 1 heterocycles. The van der Waals surface area contributed by atoms with Crippen molar-refractivity contribution in [2.75, 3.05) is 5.32 Å². The van der Waals surface area contributed by atoms with Crippen molar-refractivity contribution >= 4 is 11.6 Å². The van der Waals surface area contributed by atoms with E-state index in [9.17, 15) is 4.79 Å². The third kappa shape index (κ3) is 3.77. The molecule has 0 atom stereocenters. The Hall–Kier alpha value is -3.08. The van der Waals surface area contributed by atoms with Crippen LogP contribution >= 0.6 is 0 Å². The molecule has 134 valence electrons. The number of nitrogens with zero attached hydrogens (tertiary/aromatic N) is 1. The third-order valence-electron chi connectivity index (χ3n) is 4.51. The van der Waals surface area contributed by atoms with E-state index in [2.05, 4.69) is 10.5 Å². The Morgan fingerprint density at radius 2 is 1.88 bits per heavy atom. The van der Waals surface area contributed by atoms with E-state index in [0.717, 1.165) is 33.8 Å². The lowest BCUT2D eigenvalue weighted by Crippen LogP contribution is -2.13. The highest BCUT2D eigenvalue weighted by Crippen LogP contribution is 2.21. The lowest BCUT2D eigenvalue weighted by atomic mass is 10.1. The van der Waals surface area contributed by atoms with Crippen molar-refractivity contribution in [3.8, 4) is 5.75 Å².